The Morgan fingerprint density at radius 3 is 2.80 bits per heavy atom. The number of carbonyl (C=O) groups excluding carboxylic acids is 1. The first-order chi connectivity index (χ1) is 9.81. The van der Waals surface area contributed by atoms with Crippen molar-refractivity contribution in [2.45, 2.75) is 6.54 Å². The molecule has 0 bridgehead atoms. The Bertz CT molecular complexity index is 689. The topological polar surface area (TPSA) is 73.0 Å². The van der Waals surface area contributed by atoms with Gasteiger partial charge in [0.15, 0.2) is 5.82 Å². The number of amides is 1. The Morgan fingerprint density at radius 1 is 1.20 bits per heavy atom. The molecule has 0 spiro atoms. The minimum Gasteiger partial charge on any atom is -0.363 e. The van der Waals surface area contributed by atoms with Crippen LogP contribution in [0.3, 0.4) is 0 Å². The Kier molecular flexibility index (Phi) is 3.28. The van der Waals surface area contributed by atoms with Gasteiger partial charge >= 0.3 is 0 Å². The number of aromatic nitrogens is 3. The van der Waals surface area contributed by atoms with Gasteiger partial charge in [0.05, 0.1) is 6.20 Å². The molecular formula is C14H12N4O2. The summed E-state index contributed by atoms with van der Waals surface area (Å²) in [5.74, 6) is 0.187. The van der Waals surface area contributed by atoms with Gasteiger partial charge in [-0.25, -0.2) is 0 Å². The normalized spacial score (nSPS) is 10.4. The summed E-state index contributed by atoms with van der Waals surface area (Å²) >= 11 is 0. The molecule has 1 aromatic carbocycles. The minimum absolute atomic E-state index is 0.125. The van der Waals surface area contributed by atoms with Crippen molar-refractivity contribution in [3.05, 3.63) is 55.1 Å². The number of rotatable bonds is 4. The second kappa shape index (κ2) is 5.40. The summed E-state index contributed by atoms with van der Waals surface area (Å²) in [6.07, 6.45) is 4.97. The predicted octanol–water partition coefficient (Wildman–Crippen LogP) is 2.18. The van der Waals surface area contributed by atoms with Crippen LogP contribution in [-0.4, -0.2) is 20.8 Å². The number of hydrogen-bond donors (Lipinski definition) is 1. The van der Waals surface area contributed by atoms with Crippen molar-refractivity contribution in [1.29, 1.82) is 0 Å². The van der Waals surface area contributed by atoms with E-state index < -0.39 is 0 Å². The van der Waals surface area contributed by atoms with Gasteiger partial charge in [-0.3, -0.25) is 9.48 Å². The van der Waals surface area contributed by atoms with Crippen molar-refractivity contribution < 1.29 is 9.32 Å². The zero-order chi connectivity index (χ0) is 13.8. The molecule has 6 nitrogen and oxygen atoms in total. The molecule has 0 atom stereocenters. The highest BCUT2D eigenvalue weighted by molar-refractivity contribution is 5.89. The van der Waals surface area contributed by atoms with Crippen molar-refractivity contribution in [2.24, 2.45) is 0 Å². The average molecular weight is 268 g/mol. The van der Waals surface area contributed by atoms with Crippen LogP contribution in [-0.2, 0) is 11.3 Å². The lowest BCUT2D eigenvalue weighted by atomic mass is 10.1. The molecular weight excluding hydrogens is 256 g/mol. The first-order valence-electron chi connectivity index (χ1n) is 6.09. The van der Waals surface area contributed by atoms with Crippen LogP contribution in [0, 0.1) is 0 Å². The van der Waals surface area contributed by atoms with E-state index in [1.165, 1.54) is 6.26 Å². The monoisotopic (exact) mass is 268 g/mol. The fourth-order valence-corrected chi connectivity index (χ4v) is 1.84. The van der Waals surface area contributed by atoms with Gasteiger partial charge in [0.1, 0.15) is 12.8 Å². The maximum atomic E-state index is 11.8. The summed E-state index contributed by atoms with van der Waals surface area (Å²) in [6.45, 7) is 0.125. The van der Waals surface area contributed by atoms with E-state index >= 15 is 0 Å². The molecule has 1 N–H and O–H groups in total. The van der Waals surface area contributed by atoms with E-state index in [1.54, 1.807) is 16.9 Å². The van der Waals surface area contributed by atoms with Crippen molar-refractivity contribution in [3.63, 3.8) is 0 Å². The van der Waals surface area contributed by atoms with Crippen LogP contribution < -0.4 is 5.32 Å². The third-order valence-corrected chi connectivity index (χ3v) is 2.75. The Balaban J connectivity index is 1.67. The molecule has 0 saturated carbocycles. The van der Waals surface area contributed by atoms with Crippen LogP contribution >= 0.6 is 0 Å². The smallest absolute Gasteiger partial charge is 0.247 e. The minimum atomic E-state index is -0.207. The second-order valence-corrected chi connectivity index (χ2v) is 4.23. The molecule has 100 valence electrons. The van der Waals surface area contributed by atoms with E-state index in [0.29, 0.717) is 5.82 Å². The zero-order valence-corrected chi connectivity index (χ0v) is 10.6. The van der Waals surface area contributed by atoms with Crippen molar-refractivity contribution in [2.75, 3.05) is 5.32 Å². The lowest BCUT2D eigenvalue weighted by Crippen LogP contribution is -2.19. The Morgan fingerprint density at radius 2 is 2.05 bits per heavy atom. The molecule has 0 radical (unpaired) electrons. The van der Waals surface area contributed by atoms with Gasteiger partial charge in [0.2, 0.25) is 5.91 Å². The largest absolute Gasteiger partial charge is 0.363 e. The zero-order valence-electron chi connectivity index (χ0n) is 10.6. The molecule has 0 aliphatic carbocycles. The highest BCUT2D eigenvalue weighted by atomic mass is 16.5. The molecule has 0 aliphatic rings. The maximum absolute atomic E-state index is 11.8. The highest BCUT2D eigenvalue weighted by Gasteiger charge is 2.07. The van der Waals surface area contributed by atoms with Gasteiger partial charge in [-0.15, -0.1) is 0 Å². The fourth-order valence-electron chi connectivity index (χ4n) is 1.84. The molecule has 1 amide bonds. The van der Waals surface area contributed by atoms with Gasteiger partial charge in [-0.05, 0) is 5.56 Å². The quantitative estimate of drug-likeness (QED) is 0.787. The van der Waals surface area contributed by atoms with Crippen molar-refractivity contribution >= 4 is 11.7 Å². The molecule has 0 saturated heterocycles. The Hall–Kier alpha value is -2.89. The summed E-state index contributed by atoms with van der Waals surface area (Å²) in [6, 6.07) is 11.5. The van der Waals surface area contributed by atoms with Crippen molar-refractivity contribution in [1.82, 2.24) is 14.9 Å². The Labute approximate surface area is 115 Å². The van der Waals surface area contributed by atoms with Gasteiger partial charge in [-0.2, -0.15) is 5.10 Å². The lowest BCUT2D eigenvalue weighted by molar-refractivity contribution is -0.116. The predicted molar refractivity (Wildman–Crippen MR) is 72.8 cm³/mol. The third kappa shape index (κ3) is 2.74. The SMILES string of the molecule is O=C(Cn1cc(-c2ccccc2)cn1)Nc1ccon1. The van der Waals surface area contributed by atoms with Gasteiger partial charge in [-0.1, -0.05) is 35.5 Å². The third-order valence-electron chi connectivity index (χ3n) is 2.75. The maximum Gasteiger partial charge on any atom is 0.247 e. The van der Waals surface area contributed by atoms with Crippen LogP contribution in [0.25, 0.3) is 11.1 Å². The highest BCUT2D eigenvalue weighted by Crippen LogP contribution is 2.17. The molecule has 0 fully saturated rings. The second-order valence-electron chi connectivity index (χ2n) is 4.23. The molecule has 0 aliphatic heterocycles. The van der Waals surface area contributed by atoms with E-state index in [9.17, 15) is 4.79 Å². The van der Waals surface area contributed by atoms with Crippen LogP contribution in [0.1, 0.15) is 0 Å². The molecule has 2 aromatic heterocycles. The van der Waals surface area contributed by atoms with Crippen LogP contribution in [0.15, 0.2) is 59.6 Å². The molecule has 20 heavy (non-hydrogen) atoms. The van der Waals surface area contributed by atoms with Gasteiger partial charge < -0.3 is 9.84 Å². The number of hydrogen-bond acceptors (Lipinski definition) is 4. The van der Waals surface area contributed by atoms with Gasteiger partial charge in [0, 0.05) is 17.8 Å². The molecule has 3 aromatic rings. The van der Waals surface area contributed by atoms with E-state index in [1.807, 2.05) is 36.5 Å². The summed E-state index contributed by atoms with van der Waals surface area (Å²) in [5.41, 5.74) is 2.04. The summed E-state index contributed by atoms with van der Waals surface area (Å²) < 4.78 is 6.22. The van der Waals surface area contributed by atoms with Crippen LogP contribution in [0.5, 0.6) is 0 Å². The summed E-state index contributed by atoms with van der Waals surface area (Å²) in [5, 5.41) is 10.4. The first kappa shape index (κ1) is 12.2. The lowest BCUT2D eigenvalue weighted by Gasteiger charge is -2.01. The molecule has 3 rings (SSSR count). The average Bonchev–Trinajstić information content (AvgIpc) is 3.11. The number of anilines is 1. The van der Waals surface area contributed by atoms with E-state index in [2.05, 4.69) is 20.1 Å². The number of nitrogens with zero attached hydrogens (tertiary/aromatic N) is 3. The number of nitrogens with one attached hydrogen (secondary N) is 1. The van der Waals surface area contributed by atoms with Crippen LogP contribution in [0.2, 0.25) is 0 Å². The first-order valence-corrected chi connectivity index (χ1v) is 6.09. The van der Waals surface area contributed by atoms with Crippen molar-refractivity contribution in [3.8, 4) is 11.1 Å². The summed E-state index contributed by atoms with van der Waals surface area (Å²) in [7, 11) is 0. The summed E-state index contributed by atoms with van der Waals surface area (Å²) in [4.78, 5) is 11.8. The van der Waals surface area contributed by atoms with E-state index in [4.69, 9.17) is 0 Å². The standard InChI is InChI=1S/C14H12N4O2/c19-14(16-13-6-7-20-17-13)10-18-9-12(8-15-18)11-4-2-1-3-5-11/h1-9H,10H2,(H,16,17,19). The number of benzene rings is 1. The molecule has 6 heteroatoms. The molecule has 0 unspecified atom stereocenters. The number of carbonyl (C=O) groups is 1. The van der Waals surface area contributed by atoms with Gasteiger partial charge in [0.25, 0.3) is 0 Å². The molecule has 2 heterocycles. The van der Waals surface area contributed by atoms with E-state index in [0.717, 1.165) is 11.1 Å². The van der Waals surface area contributed by atoms with Crippen LogP contribution in [0.4, 0.5) is 5.82 Å². The fraction of sp³-hybridized carbons (Fsp3) is 0.0714. The van der Waals surface area contributed by atoms with E-state index in [-0.39, 0.29) is 12.5 Å².